The van der Waals surface area contributed by atoms with Crippen molar-refractivity contribution in [3.8, 4) is 0 Å². The summed E-state index contributed by atoms with van der Waals surface area (Å²) in [5, 5.41) is 7.52. The first kappa shape index (κ1) is 14.5. The fourth-order valence-corrected chi connectivity index (χ4v) is 3.60. The predicted molar refractivity (Wildman–Crippen MR) is 88.1 cm³/mol. The summed E-state index contributed by atoms with van der Waals surface area (Å²) < 4.78 is 1.17. The number of nitrogens with one attached hydrogen (secondary N) is 2. The summed E-state index contributed by atoms with van der Waals surface area (Å²) in [6, 6.07) is 10.1. The number of amides is 1. The van der Waals surface area contributed by atoms with Crippen LogP contribution in [-0.4, -0.2) is 50.1 Å². The summed E-state index contributed by atoms with van der Waals surface area (Å²) in [5.74, 6) is 0.0523. The van der Waals surface area contributed by atoms with Crippen LogP contribution in [0.25, 0.3) is 10.1 Å². The van der Waals surface area contributed by atoms with Crippen molar-refractivity contribution in [2.75, 3.05) is 39.3 Å². The van der Waals surface area contributed by atoms with Crippen LogP contribution in [0.2, 0.25) is 0 Å². The van der Waals surface area contributed by atoms with E-state index in [4.69, 9.17) is 0 Å². The van der Waals surface area contributed by atoms with Crippen LogP contribution in [-0.2, 0) is 0 Å². The van der Waals surface area contributed by atoms with E-state index in [-0.39, 0.29) is 5.91 Å². The van der Waals surface area contributed by atoms with Crippen molar-refractivity contribution >= 4 is 27.3 Å². The Balaban J connectivity index is 1.45. The van der Waals surface area contributed by atoms with E-state index < -0.39 is 0 Å². The van der Waals surface area contributed by atoms with Crippen molar-refractivity contribution in [3.05, 3.63) is 35.2 Å². The number of nitrogens with zero attached hydrogens (tertiary/aromatic N) is 1. The molecule has 1 amide bonds. The summed E-state index contributed by atoms with van der Waals surface area (Å²) in [6.45, 7) is 6.20. The normalized spacial score (nSPS) is 16.2. The van der Waals surface area contributed by atoms with Crippen LogP contribution in [0.15, 0.2) is 30.3 Å². The van der Waals surface area contributed by atoms with Gasteiger partial charge in [0, 0.05) is 37.4 Å². The summed E-state index contributed by atoms with van der Waals surface area (Å²) in [7, 11) is 0. The summed E-state index contributed by atoms with van der Waals surface area (Å²) >= 11 is 1.56. The first-order chi connectivity index (χ1) is 10.3. The van der Waals surface area contributed by atoms with Gasteiger partial charge in [-0.2, -0.15) is 0 Å². The summed E-state index contributed by atoms with van der Waals surface area (Å²) in [6.07, 6.45) is 1.01. The second-order valence-electron chi connectivity index (χ2n) is 5.35. The smallest absolute Gasteiger partial charge is 0.261 e. The molecule has 0 atom stereocenters. The minimum absolute atomic E-state index is 0.0523. The molecule has 1 aliphatic rings. The quantitative estimate of drug-likeness (QED) is 0.830. The van der Waals surface area contributed by atoms with Crippen molar-refractivity contribution in [3.63, 3.8) is 0 Å². The first-order valence-corrected chi connectivity index (χ1v) is 8.34. The number of piperazine rings is 1. The number of hydrogen-bond donors (Lipinski definition) is 2. The molecular formula is C16H21N3OS. The van der Waals surface area contributed by atoms with E-state index in [0.717, 1.165) is 56.0 Å². The number of benzene rings is 1. The van der Waals surface area contributed by atoms with Gasteiger partial charge in [0.05, 0.1) is 4.88 Å². The van der Waals surface area contributed by atoms with Gasteiger partial charge in [-0.1, -0.05) is 18.2 Å². The lowest BCUT2D eigenvalue weighted by molar-refractivity contribution is 0.0955. The van der Waals surface area contributed by atoms with Crippen LogP contribution in [0.4, 0.5) is 0 Å². The highest BCUT2D eigenvalue weighted by Crippen LogP contribution is 2.24. The van der Waals surface area contributed by atoms with E-state index in [0.29, 0.717) is 0 Å². The molecule has 5 heteroatoms. The molecule has 4 nitrogen and oxygen atoms in total. The molecule has 1 fully saturated rings. The fraction of sp³-hybridized carbons (Fsp3) is 0.438. The van der Waals surface area contributed by atoms with E-state index in [9.17, 15) is 4.79 Å². The Bertz CT molecular complexity index is 571. The topological polar surface area (TPSA) is 44.4 Å². The van der Waals surface area contributed by atoms with E-state index in [1.165, 1.54) is 4.70 Å². The van der Waals surface area contributed by atoms with Gasteiger partial charge in [0.15, 0.2) is 0 Å². The number of carbonyl (C=O) groups is 1. The molecule has 2 aromatic rings. The highest BCUT2D eigenvalue weighted by atomic mass is 32.1. The standard InChI is InChI=1S/C16H21N3OS/c20-16(15-12-13-4-1-2-5-14(13)21-15)18-6-3-9-19-10-7-17-8-11-19/h1-2,4-5,12,17H,3,6-11H2,(H,18,20). The van der Waals surface area contributed by atoms with Crippen LogP contribution in [0.3, 0.4) is 0 Å². The van der Waals surface area contributed by atoms with Gasteiger partial charge in [-0.25, -0.2) is 0 Å². The minimum Gasteiger partial charge on any atom is -0.351 e. The molecule has 2 heterocycles. The molecule has 0 unspecified atom stereocenters. The Morgan fingerprint density at radius 1 is 1.29 bits per heavy atom. The first-order valence-electron chi connectivity index (χ1n) is 7.53. The van der Waals surface area contributed by atoms with Crippen LogP contribution in [0, 0.1) is 0 Å². The maximum Gasteiger partial charge on any atom is 0.261 e. The minimum atomic E-state index is 0.0523. The van der Waals surface area contributed by atoms with Crippen LogP contribution in [0.1, 0.15) is 16.1 Å². The molecule has 0 radical (unpaired) electrons. The number of rotatable bonds is 5. The fourth-order valence-electron chi connectivity index (χ4n) is 2.62. The Morgan fingerprint density at radius 2 is 2.10 bits per heavy atom. The van der Waals surface area contributed by atoms with Gasteiger partial charge >= 0.3 is 0 Å². The van der Waals surface area contributed by atoms with E-state index >= 15 is 0 Å². The maximum atomic E-state index is 12.1. The van der Waals surface area contributed by atoms with Crippen molar-refractivity contribution in [2.45, 2.75) is 6.42 Å². The van der Waals surface area contributed by atoms with Gasteiger partial charge in [-0.05, 0) is 30.5 Å². The lowest BCUT2D eigenvalue weighted by Crippen LogP contribution is -2.44. The number of thiophene rings is 1. The second-order valence-corrected chi connectivity index (χ2v) is 6.43. The Kier molecular flexibility index (Phi) is 4.85. The molecule has 3 rings (SSSR count). The summed E-state index contributed by atoms with van der Waals surface area (Å²) in [4.78, 5) is 15.4. The van der Waals surface area contributed by atoms with E-state index in [1.54, 1.807) is 11.3 Å². The van der Waals surface area contributed by atoms with Crippen LogP contribution >= 0.6 is 11.3 Å². The molecule has 112 valence electrons. The third-order valence-corrected chi connectivity index (χ3v) is 4.91. The molecule has 1 aromatic heterocycles. The number of hydrogen-bond acceptors (Lipinski definition) is 4. The Hall–Kier alpha value is -1.43. The summed E-state index contributed by atoms with van der Waals surface area (Å²) in [5.41, 5.74) is 0. The SMILES string of the molecule is O=C(NCCCN1CCNCC1)c1cc2ccccc2s1. The van der Waals surface area contributed by atoms with Gasteiger partial charge in [-0.3, -0.25) is 4.79 Å². The van der Waals surface area contributed by atoms with Gasteiger partial charge in [0.2, 0.25) is 0 Å². The third-order valence-electron chi connectivity index (χ3n) is 3.80. The maximum absolute atomic E-state index is 12.1. The molecule has 2 N–H and O–H groups in total. The van der Waals surface area contributed by atoms with E-state index in [1.807, 2.05) is 24.3 Å². The lowest BCUT2D eigenvalue weighted by atomic mass is 10.2. The number of carbonyl (C=O) groups excluding carboxylic acids is 1. The van der Waals surface area contributed by atoms with Gasteiger partial charge in [0.25, 0.3) is 5.91 Å². The molecule has 1 aliphatic heterocycles. The van der Waals surface area contributed by atoms with Crippen LogP contribution in [0.5, 0.6) is 0 Å². The average molecular weight is 303 g/mol. The van der Waals surface area contributed by atoms with Gasteiger partial charge < -0.3 is 15.5 Å². The average Bonchev–Trinajstić information content (AvgIpc) is 2.96. The van der Waals surface area contributed by atoms with Gasteiger partial charge in [-0.15, -0.1) is 11.3 Å². The third kappa shape index (κ3) is 3.81. The molecule has 21 heavy (non-hydrogen) atoms. The monoisotopic (exact) mass is 303 g/mol. The van der Waals surface area contributed by atoms with Crippen molar-refractivity contribution in [2.24, 2.45) is 0 Å². The largest absolute Gasteiger partial charge is 0.351 e. The van der Waals surface area contributed by atoms with E-state index in [2.05, 4.69) is 21.6 Å². The van der Waals surface area contributed by atoms with Gasteiger partial charge in [0.1, 0.15) is 0 Å². The molecule has 0 saturated carbocycles. The zero-order chi connectivity index (χ0) is 14.5. The zero-order valence-electron chi connectivity index (χ0n) is 12.1. The molecule has 0 spiro atoms. The highest BCUT2D eigenvalue weighted by Gasteiger charge is 2.11. The number of fused-ring (bicyclic) bond motifs is 1. The molecular weight excluding hydrogens is 282 g/mol. The van der Waals surface area contributed by atoms with Crippen molar-refractivity contribution in [1.82, 2.24) is 15.5 Å². The zero-order valence-corrected chi connectivity index (χ0v) is 12.9. The van der Waals surface area contributed by atoms with Crippen molar-refractivity contribution in [1.29, 1.82) is 0 Å². The Labute approximate surface area is 129 Å². The predicted octanol–water partition coefficient (Wildman–Crippen LogP) is 1.93. The Morgan fingerprint density at radius 3 is 2.90 bits per heavy atom. The molecule has 1 saturated heterocycles. The van der Waals surface area contributed by atoms with Crippen LogP contribution < -0.4 is 10.6 Å². The molecule has 1 aromatic carbocycles. The molecule has 0 aliphatic carbocycles. The molecule has 0 bridgehead atoms. The van der Waals surface area contributed by atoms with Crippen molar-refractivity contribution < 1.29 is 4.79 Å². The second kappa shape index (κ2) is 7.02. The lowest BCUT2D eigenvalue weighted by Gasteiger charge is -2.27. The highest BCUT2D eigenvalue weighted by molar-refractivity contribution is 7.20.